The number of aromatic nitrogens is 2. The molecule has 0 saturated heterocycles. The van der Waals surface area contributed by atoms with Crippen LogP contribution in [0.25, 0.3) is 16.6 Å². The van der Waals surface area contributed by atoms with Gasteiger partial charge in [0.05, 0.1) is 22.6 Å². The normalized spacial score (nSPS) is 11.9. The third-order valence-corrected chi connectivity index (χ3v) is 5.10. The van der Waals surface area contributed by atoms with Crippen molar-refractivity contribution in [3.8, 4) is 5.69 Å². The number of hydrogen-bond acceptors (Lipinski definition) is 3. The van der Waals surface area contributed by atoms with E-state index in [9.17, 15) is 18.8 Å². The van der Waals surface area contributed by atoms with Crippen molar-refractivity contribution in [2.24, 2.45) is 0 Å². The summed E-state index contributed by atoms with van der Waals surface area (Å²) in [5.41, 5.74) is 0.0929. The predicted octanol–water partition coefficient (Wildman–Crippen LogP) is 3.17. The van der Waals surface area contributed by atoms with Gasteiger partial charge in [-0.25, -0.2) is 13.8 Å². The fourth-order valence-electron chi connectivity index (χ4n) is 3.57. The van der Waals surface area contributed by atoms with Gasteiger partial charge in [-0.2, -0.15) is 0 Å². The molecule has 1 N–H and O–H groups in total. The summed E-state index contributed by atoms with van der Waals surface area (Å²) in [6.45, 7) is 1.56. The first-order chi connectivity index (χ1) is 15.0. The molecule has 0 fully saturated rings. The second kappa shape index (κ2) is 8.39. The SMILES string of the molecule is C[C@@H](NC(=O)Cn1c(=O)n(-c2cccc(F)c2)c(=O)c2ccccc21)c1ccccc1. The van der Waals surface area contributed by atoms with Crippen LogP contribution in [0.3, 0.4) is 0 Å². The molecule has 4 rings (SSSR count). The number of halogens is 1. The van der Waals surface area contributed by atoms with E-state index in [-0.39, 0.29) is 29.6 Å². The van der Waals surface area contributed by atoms with Gasteiger partial charge in [-0.1, -0.05) is 48.5 Å². The number of carbonyl (C=O) groups excluding carboxylic acids is 1. The smallest absolute Gasteiger partial charge is 0.336 e. The largest absolute Gasteiger partial charge is 0.348 e. The van der Waals surface area contributed by atoms with Crippen LogP contribution in [0.4, 0.5) is 4.39 Å². The lowest BCUT2D eigenvalue weighted by Gasteiger charge is -2.17. The van der Waals surface area contributed by atoms with Gasteiger partial charge < -0.3 is 5.32 Å². The second-order valence-corrected chi connectivity index (χ2v) is 7.21. The summed E-state index contributed by atoms with van der Waals surface area (Å²) in [6, 6.07) is 21.0. The summed E-state index contributed by atoms with van der Waals surface area (Å²) >= 11 is 0. The van der Waals surface area contributed by atoms with Crippen molar-refractivity contribution in [2.45, 2.75) is 19.5 Å². The standard InChI is InChI=1S/C24H20FN3O3/c1-16(17-8-3-2-4-9-17)26-22(29)15-27-21-13-6-5-12-20(21)23(30)28(24(27)31)19-11-7-10-18(25)14-19/h2-14,16H,15H2,1H3,(H,26,29)/t16-/m1/s1. The van der Waals surface area contributed by atoms with Crippen LogP contribution in [0.2, 0.25) is 0 Å². The molecule has 31 heavy (non-hydrogen) atoms. The lowest BCUT2D eigenvalue weighted by molar-refractivity contribution is -0.122. The van der Waals surface area contributed by atoms with Crippen LogP contribution in [-0.4, -0.2) is 15.0 Å². The Labute approximate surface area is 177 Å². The number of rotatable bonds is 5. The van der Waals surface area contributed by atoms with Crippen molar-refractivity contribution >= 4 is 16.8 Å². The predicted molar refractivity (Wildman–Crippen MR) is 117 cm³/mol. The monoisotopic (exact) mass is 417 g/mol. The van der Waals surface area contributed by atoms with Crippen LogP contribution in [-0.2, 0) is 11.3 Å². The van der Waals surface area contributed by atoms with Crippen molar-refractivity contribution in [3.63, 3.8) is 0 Å². The van der Waals surface area contributed by atoms with Gasteiger partial charge in [-0.05, 0) is 42.8 Å². The minimum atomic E-state index is -0.711. The molecule has 1 amide bonds. The van der Waals surface area contributed by atoms with E-state index in [1.54, 1.807) is 24.3 Å². The van der Waals surface area contributed by atoms with Crippen LogP contribution in [0.15, 0.2) is 88.5 Å². The van der Waals surface area contributed by atoms with Crippen LogP contribution in [0.5, 0.6) is 0 Å². The zero-order valence-corrected chi connectivity index (χ0v) is 16.8. The van der Waals surface area contributed by atoms with Gasteiger partial charge in [0.15, 0.2) is 0 Å². The molecule has 0 spiro atoms. The molecule has 1 aromatic heterocycles. The van der Waals surface area contributed by atoms with Gasteiger partial charge in [0.2, 0.25) is 5.91 Å². The molecule has 1 heterocycles. The Bertz CT molecular complexity index is 1380. The van der Waals surface area contributed by atoms with Gasteiger partial charge in [-0.3, -0.25) is 14.2 Å². The molecule has 3 aromatic carbocycles. The van der Waals surface area contributed by atoms with Gasteiger partial charge >= 0.3 is 5.69 Å². The first-order valence-electron chi connectivity index (χ1n) is 9.80. The Hall–Kier alpha value is -4.00. The minimum absolute atomic E-state index is 0.104. The van der Waals surface area contributed by atoms with E-state index in [1.807, 2.05) is 37.3 Å². The maximum Gasteiger partial charge on any atom is 0.336 e. The van der Waals surface area contributed by atoms with Crippen LogP contribution in [0, 0.1) is 5.82 Å². The van der Waals surface area contributed by atoms with Crippen LogP contribution >= 0.6 is 0 Å². The fourth-order valence-corrected chi connectivity index (χ4v) is 3.57. The highest BCUT2D eigenvalue weighted by atomic mass is 19.1. The van der Waals surface area contributed by atoms with E-state index < -0.39 is 17.1 Å². The van der Waals surface area contributed by atoms with Crippen molar-refractivity contribution in [2.75, 3.05) is 0 Å². The number of fused-ring (bicyclic) bond motifs is 1. The third kappa shape index (κ3) is 4.02. The maximum atomic E-state index is 13.8. The highest BCUT2D eigenvalue weighted by Gasteiger charge is 2.17. The molecular weight excluding hydrogens is 397 g/mol. The zero-order valence-electron chi connectivity index (χ0n) is 16.8. The summed E-state index contributed by atoms with van der Waals surface area (Å²) in [4.78, 5) is 39.0. The number of nitrogens with one attached hydrogen (secondary N) is 1. The Kier molecular flexibility index (Phi) is 5.49. The van der Waals surface area contributed by atoms with Crippen molar-refractivity contribution in [3.05, 3.63) is 111 Å². The van der Waals surface area contributed by atoms with Gasteiger partial charge in [0.25, 0.3) is 5.56 Å². The Balaban J connectivity index is 1.78. The van der Waals surface area contributed by atoms with Crippen molar-refractivity contribution in [1.82, 2.24) is 14.5 Å². The summed E-state index contributed by atoms with van der Waals surface area (Å²) in [7, 11) is 0. The summed E-state index contributed by atoms with van der Waals surface area (Å²) in [5.74, 6) is -0.953. The third-order valence-electron chi connectivity index (χ3n) is 5.10. The van der Waals surface area contributed by atoms with Crippen LogP contribution in [0.1, 0.15) is 18.5 Å². The minimum Gasteiger partial charge on any atom is -0.348 e. The number of nitrogens with zero attached hydrogens (tertiary/aromatic N) is 2. The van der Waals surface area contributed by atoms with E-state index in [2.05, 4.69) is 5.32 Å². The molecule has 156 valence electrons. The molecule has 7 heteroatoms. The molecule has 4 aromatic rings. The average Bonchev–Trinajstić information content (AvgIpc) is 2.77. The van der Waals surface area contributed by atoms with Gasteiger partial charge in [0, 0.05) is 0 Å². The highest BCUT2D eigenvalue weighted by molar-refractivity contribution is 5.82. The summed E-state index contributed by atoms with van der Waals surface area (Å²) in [5, 5.41) is 3.13. The maximum absolute atomic E-state index is 13.8. The number of para-hydroxylation sites is 1. The average molecular weight is 417 g/mol. The van der Waals surface area contributed by atoms with E-state index in [0.29, 0.717) is 5.52 Å². The van der Waals surface area contributed by atoms with Gasteiger partial charge in [-0.15, -0.1) is 0 Å². The van der Waals surface area contributed by atoms with E-state index in [4.69, 9.17) is 0 Å². The van der Waals surface area contributed by atoms with E-state index >= 15 is 0 Å². The highest BCUT2D eigenvalue weighted by Crippen LogP contribution is 2.13. The quantitative estimate of drug-likeness (QED) is 0.542. The van der Waals surface area contributed by atoms with Crippen molar-refractivity contribution < 1.29 is 9.18 Å². The van der Waals surface area contributed by atoms with E-state index in [0.717, 1.165) is 16.2 Å². The van der Waals surface area contributed by atoms with Crippen molar-refractivity contribution in [1.29, 1.82) is 0 Å². The summed E-state index contributed by atoms with van der Waals surface area (Å²) in [6.07, 6.45) is 0. The molecule has 0 aliphatic carbocycles. The van der Waals surface area contributed by atoms with Gasteiger partial charge in [0.1, 0.15) is 12.4 Å². The number of benzene rings is 3. The lowest BCUT2D eigenvalue weighted by Crippen LogP contribution is -2.42. The topological polar surface area (TPSA) is 73.1 Å². The molecule has 6 nitrogen and oxygen atoms in total. The molecule has 0 aliphatic heterocycles. The first-order valence-corrected chi connectivity index (χ1v) is 9.80. The Morgan fingerprint density at radius 1 is 0.968 bits per heavy atom. The Morgan fingerprint density at radius 3 is 2.42 bits per heavy atom. The van der Waals surface area contributed by atoms with Crippen LogP contribution < -0.4 is 16.6 Å². The first kappa shape index (κ1) is 20.3. The molecule has 0 radical (unpaired) electrons. The number of amides is 1. The number of hydrogen-bond donors (Lipinski definition) is 1. The molecule has 0 unspecified atom stereocenters. The molecule has 0 saturated carbocycles. The zero-order chi connectivity index (χ0) is 22.0. The molecule has 1 atom stereocenters. The summed E-state index contributed by atoms with van der Waals surface area (Å²) < 4.78 is 15.9. The molecule has 0 bridgehead atoms. The van der Waals surface area contributed by atoms with E-state index in [1.165, 1.54) is 22.8 Å². The molecular formula is C24H20FN3O3. The lowest BCUT2D eigenvalue weighted by atomic mass is 10.1. The number of carbonyl (C=O) groups is 1. The second-order valence-electron chi connectivity index (χ2n) is 7.21. The Morgan fingerprint density at radius 2 is 1.68 bits per heavy atom. The molecule has 0 aliphatic rings. The fraction of sp³-hybridized carbons (Fsp3) is 0.125.